The number of halogens is 2. The maximum Gasteiger partial charge on any atom is 0.254 e. The summed E-state index contributed by atoms with van der Waals surface area (Å²) in [6.07, 6.45) is 5.91. The highest BCUT2D eigenvalue weighted by Crippen LogP contribution is 2.26. The molecule has 0 spiro atoms. The first-order valence-electron chi connectivity index (χ1n) is 9.70. The molecular formula is C22H20Cl2N4O2. The van der Waals surface area contributed by atoms with E-state index >= 15 is 0 Å². The SMILES string of the molecule is O=C(Nc1ccc(Cl)c(Cl)c1)C1CCCCN1C(=O)c1ccc(-n2cccn2)cc1. The van der Waals surface area contributed by atoms with Crippen molar-refractivity contribution < 1.29 is 9.59 Å². The molecule has 3 aromatic rings. The second-order valence-electron chi connectivity index (χ2n) is 7.13. The van der Waals surface area contributed by atoms with Crippen LogP contribution < -0.4 is 5.32 Å². The lowest BCUT2D eigenvalue weighted by molar-refractivity contribution is -0.121. The summed E-state index contributed by atoms with van der Waals surface area (Å²) in [6.45, 7) is 0.541. The van der Waals surface area contributed by atoms with Crippen LogP contribution in [0.15, 0.2) is 60.9 Å². The number of amides is 2. The summed E-state index contributed by atoms with van der Waals surface area (Å²) in [4.78, 5) is 27.7. The Morgan fingerprint density at radius 3 is 2.53 bits per heavy atom. The van der Waals surface area contributed by atoms with Crippen molar-refractivity contribution in [3.63, 3.8) is 0 Å². The van der Waals surface area contributed by atoms with Crippen LogP contribution in [0.4, 0.5) is 5.69 Å². The van der Waals surface area contributed by atoms with Gasteiger partial charge in [0.25, 0.3) is 5.91 Å². The van der Waals surface area contributed by atoms with Gasteiger partial charge in [0.1, 0.15) is 6.04 Å². The van der Waals surface area contributed by atoms with Crippen LogP contribution in [0.2, 0.25) is 10.0 Å². The Balaban J connectivity index is 1.50. The molecule has 0 aliphatic carbocycles. The fourth-order valence-electron chi connectivity index (χ4n) is 3.59. The predicted octanol–water partition coefficient (Wildman–Crippen LogP) is 4.81. The summed E-state index contributed by atoms with van der Waals surface area (Å²) in [7, 11) is 0. The van der Waals surface area contributed by atoms with E-state index in [1.807, 2.05) is 24.4 Å². The second-order valence-corrected chi connectivity index (χ2v) is 7.94. The molecule has 1 saturated heterocycles. The molecule has 4 rings (SSSR count). The molecule has 30 heavy (non-hydrogen) atoms. The second kappa shape index (κ2) is 8.90. The van der Waals surface area contributed by atoms with E-state index in [-0.39, 0.29) is 11.8 Å². The lowest BCUT2D eigenvalue weighted by Gasteiger charge is -2.34. The molecule has 6 nitrogen and oxygen atoms in total. The number of hydrogen-bond donors (Lipinski definition) is 1. The molecule has 2 amide bonds. The van der Waals surface area contributed by atoms with Gasteiger partial charge in [-0.15, -0.1) is 0 Å². The average molecular weight is 443 g/mol. The number of carbonyl (C=O) groups excluding carboxylic acids is 2. The fraction of sp³-hybridized carbons (Fsp3) is 0.227. The van der Waals surface area contributed by atoms with Crippen LogP contribution in [-0.2, 0) is 4.79 Å². The van der Waals surface area contributed by atoms with Crippen LogP contribution in [0.1, 0.15) is 29.6 Å². The molecule has 1 fully saturated rings. The minimum atomic E-state index is -0.536. The van der Waals surface area contributed by atoms with Crippen LogP contribution >= 0.6 is 23.2 Å². The normalized spacial score (nSPS) is 16.3. The van der Waals surface area contributed by atoms with Gasteiger partial charge in [-0.2, -0.15) is 5.10 Å². The Morgan fingerprint density at radius 1 is 1.03 bits per heavy atom. The quantitative estimate of drug-likeness (QED) is 0.629. The van der Waals surface area contributed by atoms with Crippen molar-refractivity contribution in [1.29, 1.82) is 0 Å². The molecule has 0 saturated carbocycles. The van der Waals surface area contributed by atoms with Crippen molar-refractivity contribution in [2.45, 2.75) is 25.3 Å². The largest absolute Gasteiger partial charge is 0.327 e. The smallest absolute Gasteiger partial charge is 0.254 e. The number of piperidine rings is 1. The number of nitrogens with one attached hydrogen (secondary N) is 1. The van der Waals surface area contributed by atoms with Gasteiger partial charge in [-0.3, -0.25) is 9.59 Å². The maximum absolute atomic E-state index is 13.1. The van der Waals surface area contributed by atoms with Crippen LogP contribution in [0.5, 0.6) is 0 Å². The van der Waals surface area contributed by atoms with Crippen molar-refractivity contribution in [3.8, 4) is 5.69 Å². The van der Waals surface area contributed by atoms with Gasteiger partial charge in [0.2, 0.25) is 5.91 Å². The van der Waals surface area contributed by atoms with E-state index in [0.717, 1.165) is 18.5 Å². The molecule has 0 radical (unpaired) electrons. The number of aromatic nitrogens is 2. The van der Waals surface area contributed by atoms with Gasteiger partial charge in [0.15, 0.2) is 0 Å². The van der Waals surface area contributed by atoms with Crippen molar-refractivity contribution in [2.75, 3.05) is 11.9 Å². The van der Waals surface area contributed by atoms with Crippen molar-refractivity contribution in [1.82, 2.24) is 14.7 Å². The molecule has 1 aliphatic heterocycles. The molecule has 1 N–H and O–H groups in total. The topological polar surface area (TPSA) is 67.2 Å². The van der Waals surface area contributed by atoms with E-state index in [1.165, 1.54) is 0 Å². The third kappa shape index (κ3) is 4.35. The van der Waals surface area contributed by atoms with Gasteiger partial charge in [0, 0.05) is 30.2 Å². The van der Waals surface area contributed by atoms with Crippen LogP contribution in [0.3, 0.4) is 0 Å². The van der Waals surface area contributed by atoms with Crippen LogP contribution in [0.25, 0.3) is 5.69 Å². The summed E-state index contributed by atoms with van der Waals surface area (Å²) >= 11 is 12.0. The van der Waals surface area contributed by atoms with Gasteiger partial charge in [-0.1, -0.05) is 23.2 Å². The van der Waals surface area contributed by atoms with Crippen LogP contribution in [0, 0.1) is 0 Å². The highest BCUT2D eigenvalue weighted by Gasteiger charge is 2.32. The average Bonchev–Trinajstić information content (AvgIpc) is 3.31. The van der Waals surface area contributed by atoms with Gasteiger partial charge >= 0.3 is 0 Å². The predicted molar refractivity (Wildman–Crippen MR) is 117 cm³/mol. The van der Waals surface area contributed by atoms with Crippen molar-refractivity contribution in [3.05, 3.63) is 76.5 Å². The minimum absolute atomic E-state index is 0.156. The van der Waals surface area contributed by atoms with E-state index in [0.29, 0.717) is 34.3 Å². The number of anilines is 1. The number of carbonyl (C=O) groups is 2. The Morgan fingerprint density at radius 2 is 1.83 bits per heavy atom. The van der Waals surface area contributed by atoms with Crippen molar-refractivity contribution in [2.24, 2.45) is 0 Å². The van der Waals surface area contributed by atoms with E-state index in [2.05, 4.69) is 10.4 Å². The highest BCUT2D eigenvalue weighted by molar-refractivity contribution is 6.42. The minimum Gasteiger partial charge on any atom is -0.327 e. The number of nitrogens with zero attached hydrogens (tertiary/aromatic N) is 3. The maximum atomic E-state index is 13.1. The van der Waals surface area contributed by atoms with Gasteiger partial charge in [-0.05, 0) is 67.8 Å². The Hall–Kier alpha value is -2.83. The molecule has 2 aromatic carbocycles. The first kappa shape index (κ1) is 20.4. The van der Waals surface area contributed by atoms with E-state index in [9.17, 15) is 9.59 Å². The standard InChI is InChI=1S/C22H20Cl2N4O2/c23-18-10-7-16(14-19(18)24)26-21(29)20-4-1-2-12-27(20)22(30)15-5-8-17(9-6-15)28-13-3-11-25-28/h3,5-11,13-14,20H,1-2,4,12H2,(H,26,29). The molecule has 0 bridgehead atoms. The summed E-state index contributed by atoms with van der Waals surface area (Å²) < 4.78 is 1.72. The van der Waals surface area contributed by atoms with Crippen molar-refractivity contribution >= 4 is 40.7 Å². The molecule has 1 unspecified atom stereocenters. The Bertz CT molecular complexity index is 1050. The third-order valence-corrected chi connectivity index (χ3v) is 5.88. The number of rotatable bonds is 4. The molecule has 154 valence electrons. The summed E-state index contributed by atoms with van der Waals surface area (Å²) in [5.41, 5.74) is 1.96. The zero-order valence-corrected chi connectivity index (χ0v) is 17.6. The first-order valence-corrected chi connectivity index (χ1v) is 10.5. The highest BCUT2D eigenvalue weighted by atomic mass is 35.5. The van der Waals surface area contributed by atoms with E-state index in [4.69, 9.17) is 23.2 Å². The number of hydrogen-bond acceptors (Lipinski definition) is 3. The van der Waals surface area contributed by atoms with E-state index < -0.39 is 6.04 Å². The van der Waals surface area contributed by atoms with Crippen LogP contribution in [-0.4, -0.2) is 39.1 Å². The molecular weight excluding hydrogens is 423 g/mol. The number of likely N-dealkylation sites (tertiary alicyclic amines) is 1. The zero-order chi connectivity index (χ0) is 21.1. The molecule has 1 atom stereocenters. The van der Waals surface area contributed by atoms with Gasteiger partial charge in [0.05, 0.1) is 15.7 Å². The number of benzene rings is 2. The lowest BCUT2D eigenvalue weighted by atomic mass is 9.99. The molecule has 1 aliphatic rings. The monoisotopic (exact) mass is 442 g/mol. The third-order valence-electron chi connectivity index (χ3n) is 5.14. The molecule has 2 heterocycles. The summed E-state index contributed by atoms with van der Waals surface area (Å²) in [5.74, 6) is -0.384. The lowest BCUT2D eigenvalue weighted by Crippen LogP contribution is -2.50. The molecule has 8 heteroatoms. The van der Waals surface area contributed by atoms with E-state index in [1.54, 1.807) is 46.1 Å². The Kier molecular flexibility index (Phi) is 6.06. The molecule has 1 aromatic heterocycles. The Labute approximate surface area is 184 Å². The van der Waals surface area contributed by atoms with Gasteiger partial charge in [-0.25, -0.2) is 4.68 Å². The zero-order valence-electron chi connectivity index (χ0n) is 16.1. The first-order chi connectivity index (χ1) is 14.5. The fourth-order valence-corrected chi connectivity index (χ4v) is 3.89. The van der Waals surface area contributed by atoms with Gasteiger partial charge < -0.3 is 10.2 Å². The summed E-state index contributed by atoms with van der Waals surface area (Å²) in [6, 6.07) is 13.4. The summed E-state index contributed by atoms with van der Waals surface area (Å²) in [5, 5.41) is 7.83.